The first-order chi connectivity index (χ1) is 11.2. The molecule has 1 aliphatic rings. The molecule has 0 aliphatic carbocycles. The minimum absolute atomic E-state index is 0.0413. The summed E-state index contributed by atoms with van der Waals surface area (Å²) in [5.74, 6) is -1.02. The third-order valence-electron chi connectivity index (χ3n) is 3.70. The number of primary amides is 1. The summed E-state index contributed by atoms with van der Waals surface area (Å²) in [6.45, 7) is -0.229. The molecule has 5 nitrogen and oxygen atoms in total. The van der Waals surface area contributed by atoms with Gasteiger partial charge in [-0.3, -0.25) is 4.79 Å². The highest BCUT2D eigenvalue weighted by Gasteiger charge is 2.42. The zero-order chi connectivity index (χ0) is 19.2. The number of halogens is 6. The maximum atomic E-state index is 12.9. The highest BCUT2D eigenvalue weighted by molar-refractivity contribution is 7.89. The molecular formula is C13H12F6N2O3S. The van der Waals surface area contributed by atoms with Crippen molar-refractivity contribution >= 4 is 15.9 Å². The number of rotatable bonds is 3. The summed E-state index contributed by atoms with van der Waals surface area (Å²) in [6, 6.07) is -1.26. The van der Waals surface area contributed by atoms with Crippen LogP contribution in [0.15, 0.2) is 23.1 Å². The highest BCUT2D eigenvalue weighted by Crippen LogP contribution is 2.38. The summed E-state index contributed by atoms with van der Waals surface area (Å²) >= 11 is 0. The molecule has 1 saturated heterocycles. The van der Waals surface area contributed by atoms with Crippen molar-refractivity contribution in [2.75, 3.05) is 6.54 Å². The van der Waals surface area contributed by atoms with Crippen molar-refractivity contribution in [1.29, 1.82) is 0 Å². The van der Waals surface area contributed by atoms with E-state index < -0.39 is 50.3 Å². The number of hydrogen-bond acceptors (Lipinski definition) is 3. The second kappa shape index (κ2) is 6.16. The van der Waals surface area contributed by atoms with Gasteiger partial charge in [0.15, 0.2) is 0 Å². The Labute approximate surface area is 138 Å². The van der Waals surface area contributed by atoms with Crippen LogP contribution in [0.1, 0.15) is 24.0 Å². The molecule has 0 saturated carbocycles. The molecule has 1 atom stereocenters. The normalized spacial score (nSPS) is 20.0. The first-order valence-corrected chi connectivity index (χ1v) is 8.29. The molecule has 25 heavy (non-hydrogen) atoms. The SMILES string of the molecule is NC(=O)C1CCCN1S(=O)(=O)c1cc(C(F)(F)F)cc(C(F)(F)F)c1. The third-order valence-corrected chi connectivity index (χ3v) is 5.59. The van der Waals surface area contributed by atoms with Gasteiger partial charge >= 0.3 is 12.4 Å². The molecule has 1 amide bonds. The predicted octanol–water partition coefficient (Wildman–Crippen LogP) is 2.36. The first-order valence-electron chi connectivity index (χ1n) is 6.85. The fraction of sp³-hybridized carbons (Fsp3) is 0.462. The minimum Gasteiger partial charge on any atom is -0.368 e. The van der Waals surface area contributed by atoms with Crippen LogP contribution in [-0.4, -0.2) is 31.2 Å². The Balaban J connectivity index is 2.63. The number of nitrogens with two attached hydrogens (primary N) is 1. The average molecular weight is 390 g/mol. The van der Waals surface area contributed by atoms with E-state index in [9.17, 15) is 39.6 Å². The minimum atomic E-state index is -5.18. The maximum Gasteiger partial charge on any atom is 0.416 e. The van der Waals surface area contributed by atoms with Crippen LogP contribution in [0, 0.1) is 0 Å². The van der Waals surface area contributed by atoms with Gasteiger partial charge < -0.3 is 5.73 Å². The second-order valence-electron chi connectivity index (χ2n) is 5.42. The van der Waals surface area contributed by atoms with E-state index in [0.717, 1.165) is 0 Å². The zero-order valence-electron chi connectivity index (χ0n) is 12.4. The lowest BCUT2D eigenvalue weighted by molar-refractivity contribution is -0.143. The molecule has 1 heterocycles. The van der Waals surface area contributed by atoms with E-state index in [4.69, 9.17) is 5.73 Å². The lowest BCUT2D eigenvalue weighted by Crippen LogP contribution is -2.43. The van der Waals surface area contributed by atoms with E-state index >= 15 is 0 Å². The van der Waals surface area contributed by atoms with E-state index in [1.54, 1.807) is 0 Å². The Kier molecular flexibility index (Phi) is 4.81. The number of nitrogens with zero attached hydrogens (tertiary/aromatic N) is 1. The topological polar surface area (TPSA) is 80.5 Å². The fourth-order valence-corrected chi connectivity index (χ4v) is 4.26. The van der Waals surface area contributed by atoms with Crippen molar-refractivity contribution in [3.8, 4) is 0 Å². The summed E-state index contributed by atoms with van der Waals surface area (Å²) in [4.78, 5) is 10.1. The number of benzene rings is 1. The van der Waals surface area contributed by atoms with Gasteiger partial charge in [0.25, 0.3) is 0 Å². The highest BCUT2D eigenvalue weighted by atomic mass is 32.2. The van der Waals surface area contributed by atoms with Gasteiger partial charge in [-0.15, -0.1) is 0 Å². The van der Waals surface area contributed by atoms with Crippen LogP contribution in [0.2, 0.25) is 0 Å². The molecule has 12 heteroatoms. The van der Waals surface area contributed by atoms with Crippen molar-refractivity contribution in [3.63, 3.8) is 0 Å². The van der Waals surface area contributed by atoms with Crippen LogP contribution in [0.5, 0.6) is 0 Å². The molecule has 1 aromatic carbocycles. The van der Waals surface area contributed by atoms with Gasteiger partial charge in [-0.1, -0.05) is 0 Å². The summed E-state index contributed by atoms with van der Waals surface area (Å²) in [7, 11) is -4.77. The zero-order valence-corrected chi connectivity index (χ0v) is 13.2. The summed E-state index contributed by atoms with van der Waals surface area (Å²) in [5, 5.41) is 0. The summed E-state index contributed by atoms with van der Waals surface area (Å²) < 4.78 is 103. The first kappa shape index (κ1) is 19.5. The largest absolute Gasteiger partial charge is 0.416 e. The third kappa shape index (κ3) is 3.89. The van der Waals surface area contributed by atoms with Crippen molar-refractivity contribution in [2.24, 2.45) is 5.73 Å². The fourth-order valence-electron chi connectivity index (χ4n) is 2.52. The van der Waals surface area contributed by atoms with Crippen molar-refractivity contribution in [1.82, 2.24) is 4.31 Å². The molecule has 1 aromatic rings. The summed E-state index contributed by atoms with van der Waals surface area (Å²) in [6.07, 6.45) is -10.1. The number of hydrogen-bond donors (Lipinski definition) is 1. The van der Waals surface area contributed by atoms with E-state index in [1.165, 1.54) is 0 Å². The van der Waals surface area contributed by atoms with Crippen LogP contribution in [0.25, 0.3) is 0 Å². The van der Waals surface area contributed by atoms with Gasteiger partial charge in [-0.2, -0.15) is 30.6 Å². The molecule has 1 fully saturated rings. The molecule has 0 radical (unpaired) electrons. The van der Waals surface area contributed by atoms with E-state index in [0.29, 0.717) is 4.31 Å². The Morgan fingerprint density at radius 3 is 1.92 bits per heavy atom. The van der Waals surface area contributed by atoms with Gasteiger partial charge in [-0.05, 0) is 31.0 Å². The van der Waals surface area contributed by atoms with Gasteiger partial charge in [0.2, 0.25) is 15.9 Å². The van der Waals surface area contributed by atoms with E-state index in [1.807, 2.05) is 0 Å². The molecule has 1 unspecified atom stereocenters. The second-order valence-corrected chi connectivity index (χ2v) is 7.31. The van der Waals surface area contributed by atoms with Crippen LogP contribution in [0.3, 0.4) is 0 Å². The van der Waals surface area contributed by atoms with Gasteiger partial charge in [-0.25, -0.2) is 8.42 Å². The Morgan fingerprint density at radius 2 is 1.52 bits per heavy atom. The Bertz CT molecular complexity index is 756. The van der Waals surface area contributed by atoms with Gasteiger partial charge in [0, 0.05) is 6.54 Å². The van der Waals surface area contributed by atoms with Gasteiger partial charge in [0.1, 0.15) is 6.04 Å². The van der Waals surface area contributed by atoms with Crippen molar-refractivity contribution < 1.29 is 39.6 Å². The number of sulfonamides is 1. The van der Waals surface area contributed by atoms with Crippen LogP contribution in [0.4, 0.5) is 26.3 Å². The predicted molar refractivity (Wildman–Crippen MR) is 72.6 cm³/mol. The van der Waals surface area contributed by atoms with E-state index in [-0.39, 0.29) is 37.6 Å². The maximum absolute atomic E-state index is 12.9. The number of alkyl halides is 6. The number of carbonyl (C=O) groups is 1. The Hall–Kier alpha value is -1.82. The molecule has 1 aliphatic heterocycles. The summed E-state index contributed by atoms with van der Waals surface area (Å²) in [5.41, 5.74) is 1.55. The number of amides is 1. The quantitative estimate of drug-likeness (QED) is 0.805. The molecule has 0 aromatic heterocycles. The lowest BCUT2D eigenvalue weighted by Gasteiger charge is -2.23. The smallest absolute Gasteiger partial charge is 0.368 e. The Morgan fingerprint density at radius 1 is 1.04 bits per heavy atom. The van der Waals surface area contributed by atoms with Crippen molar-refractivity contribution in [2.45, 2.75) is 36.1 Å². The molecule has 0 spiro atoms. The van der Waals surface area contributed by atoms with E-state index in [2.05, 4.69) is 0 Å². The lowest BCUT2D eigenvalue weighted by atomic mass is 10.1. The monoisotopic (exact) mass is 390 g/mol. The van der Waals surface area contributed by atoms with Crippen LogP contribution >= 0.6 is 0 Å². The van der Waals surface area contributed by atoms with Crippen molar-refractivity contribution in [3.05, 3.63) is 29.3 Å². The van der Waals surface area contributed by atoms with Crippen LogP contribution < -0.4 is 5.73 Å². The molecule has 0 bridgehead atoms. The number of carbonyl (C=O) groups excluding carboxylic acids is 1. The van der Waals surface area contributed by atoms with Crippen LogP contribution in [-0.2, 0) is 27.2 Å². The molecule has 140 valence electrons. The molecule has 2 rings (SSSR count). The average Bonchev–Trinajstić information content (AvgIpc) is 2.95. The molecule has 2 N–H and O–H groups in total. The standard InChI is InChI=1S/C13H12F6N2O3S/c14-12(15,16)7-4-8(13(17,18)19)6-9(5-7)25(23,24)21-3-1-2-10(21)11(20)22/h4-6,10H,1-3H2,(H2,20,22). The molecular weight excluding hydrogens is 378 g/mol. The van der Waals surface area contributed by atoms with Gasteiger partial charge in [0.05, 0.1) is 16.0 Å².